The molecule has 0 amide bonds. The molecule has 12 heteroatoms. The Bertz CT molecular complexity index is 430. The predicted molar refractivity (Wildman–Crippen MR) is 105 cm³/mol. The van der Waals surface area contributed by atoms with Crippen molar-refractivity contribution < 1.29 is 46.9 Å². The van der Waals surface area contributed by atoms with E-state index in [1.807, 2.05) is 0 Å². The molecule has 0 heterocycles. The van der Waals surface area contributed by atoms with E-state index in [4.69, 9.17) is 28.0 Å². The standard InChI is InChI=1S/C16H36O10P2/c1-15(2)27(17,18)25-13-11-23-9-7-21-5-6-22-8-10-24-12-14-26-28(19,20)16(3)4/h15-16H,5-14H2,1-4H3,(H,17,18)(H,19,20). The zero-order valence-electron chi connectivity index (χ0n) is 17.3. The predicted octanol–water partition coefficient (Wildman–Crippen LogP) is 2.27. The highest BCUT2D eigenvalue weighted by molar-refractivity contribution is 7.53. The fourth-order valence-electron chi connectivity index (χ4n) is 1.51. The Morgan fingerprint density at radius 1 is 0.536 bits per heavy atom. The summed E-state index contributed by atoms with van der Waals surface area (Å²) < 4.78 is 53.9. The molecule has 0 radical (unpaired) electrons. The Hall–Kier alpha value is 0.140. The number of ether oxygens (including phenoxy) is 4. The summed E-state index contributed by atoms with van der Waals surface area (Å²) in [4.78, 5) is 18.9. The van der Waals surface area contributed by atoms with Crippen LogP contribution in [0.5, 0.6) is 0 Å². The normalized spacial score (nSPS) is 16.4. The molecule has 0 aliphatic rings. The van der Waals surface area contributed by atoms with Crippen molar-refractivity contribution >= 4 is 15.2 Å². The third-order valence-corrected chi connectivity index (χ3v) is 7.14. The van der Waals surface area contributed by atoms with Crippen molar-refractivity contribution in [3.05, 3.63) is 0 Å². The van der Waals surface area contributed by atoms with Crippen LogP contribution in [0.4, 0.5) is 0 Å². The SMILES string of the molecule is CC(C)P(=O)(O)OCCOCCOCCOCCOCCOP(=O)(O)C(C)C. The van der Waals surface area contributed by atoms with Gasteiger partial charge in [-0.2, -0.15) is 0 Å². The van der Waals surface area contributed by atoms with Gasteiger partial charge in [-0.3, -0.25) is 9.13 Å². The Labute approximate surface area is 167 Å². The van der Waals surface area contributed by atoms with Crippen molar-refractivity contribution in [2.24, 2.45) is 0 Å². The van der Waals surface area contributed by atoms with Gasteiger partial charge >= 0.3 is 15.2 Å². The fraction of sp³-hybridized carbons (Fsp3) is 1.00. The Kier molecular flexibility index (Phi) is 16.0. The topological polar surface area (TPSA) is 130 Å². The molecule has 0 aromatic heterocycles. The third kappa shape index (κ3) is 15.0. The summed E-state index contributed by atoms with van der Waals surface area (Å²) in [6, 6.07) is 0. The van der Waals surface area contributed by atoms with Crippen LogP contribution in [0.1, 0.15) is 27.7 Å². The van der Waals surface area contributed by atoms with Crippen molar-refractivity contribution in [1.29, 1.82) is 0 Å². The zero-order valence-corrected chi connectivity index (χ0v) is 19.1. The first-order valence-corrected chi connectivity index (χ1v) is 12.6. The summed E-state index contributed by atoms with van der Waals surface area (Å²) in [7, 11) is -7.06. The van der Waals surface area contributed by atoms with E-state index in [0.29, 0.717) is 39.6 Å². The van der Waals surface area contributed by atoms with E-state index < -0.39 is 26.5 Å². The van der Waals surface area contributed by atoms with Crippen LogP contribution in [0.3, 0.4) is 0 Å². The number of rotatable bonds is 19. The largest absolute Gasteiger partial charge is 0.377 e. The first-order chi connectivity index (χ1) is 13.1. The van der Waals surface area contributed by atoms with Gasteiger partial charge in [-0.1, -0.05) is 27.7 Å². The molecule has 10 nitrogen and oxygen atoms in total. The van der Waals surface area contributed by atoms with Crippen LogP contribution in [0.2, 0.25) is 0 Å². The minimum atomic E-state index is -3.53. The summed E-state index contributed by atoms with van der Waals surface area (Å²) in [5, 5.41) is 0. The van der Waals surface area contributed by atoms with E-state index >= 15 is 0 Å². The van der Waals surface area contributed by atoms with E-state index in [2.05, 4.69) is 0 Å². The molecule has 0 spiro atoms. The van der Waals surface area contributed by atoms with Gasteiger partial charge < -0.3 is 37.8 Å². The first kappa shape index (κ1) is 28.1. The second-order valence-corrected chi connectivity index (χ2v) is 11.3. The van der Waals surface area contributed by atoms with Crippen LogP contribution in [0.15, 0.2) is 0 Å². The summed E-state index contributed by atoms with van der Waals surface area (Å²) >= 11 is 0. The van der Waals surface area contributed by atoms with Gasteiger partial charge in [-0.25, -0.2) is 0 Å². The maximum absolute atomic E-state index is 11.5. The van der Waals surface area contributed by atoms with Crippen LogP contribution in [-0.4, -0.2) is 87.2 Å². The van der Waals surface area contributed by atoms with Gasteiger partial charge in [0.1, 0.15) is 0 Å². The summed E-state index contributed by atoms with van der Waals surface area (Å²) in [6.07, 6.45) is 0. The van der Waals surface area contributed by atoms with Crippen molar-refractivity contribution in [3.63, 3.8) is 0 Å². The van der Waals surface area contributed by atoms with Crippen molar-refractivity contribution in [1.82, 2.24) is 0 Å². The number of hydrogen-bond donors (Lipinski definition) is 2. The monoisotopic (exact) mass is 450 g/mol. The molecule has 0 aliphatic carbocycles. The molecule has 0 bridgehead atoms. The Morgan fingerprint density at radius 2 is 0.750 bits per heavy atom. The molecule has 2 atom stereocenters. The van der Waals surface area contributed by atoms with Crippen molar-refractivity contribution in [2.75, 3.05) is 66.1 Å². The number of hydrogen-bond acceptors (Lipinski definition) is 8. The fourth-order valence-corrected chi connectivity index (χ4v) is 2.78. The molecular formula is C16H36O10P2. The Balaban J connectivity index is 3.28. The van der Waals surface area contributed by atoms with E-state index in [1.54, 1.807) is 27.7 Å². The highest BCUT2D eigenvalue weighted by atomic mass is 31.2. The smallest absolute Gasteiger partial charge is 0.330 e. The lowest BCUT2D eigenvalue weighted by Crippen LogP contribution is -2.14. The lowest BCUT2D eigenvalue weighted by Gasteiger charge is -2.15. The van der Waals surface area contributed by atoms with E-state index in [1.165, 1.54) is 0 Å². The van der Waals surface area contributed by atoms with Crippen molar-refractivity contribution in [2.45, 2.75) is 39.0 Å². The minimum Gasteiger partial charge on any atom is -0.377 e. The van der Waals surface area contributed by atoms with Gasteiger partial charge in [0.15, 0.2) is 0 Å². The van der Waals surface area contributed by atoms with Gasteiger partial charge in [0, 0.05) is 0 Å². The summed E-state index contributed by atoms with van der Waals surface area (Å²) in [5.74, 6) is 0. The molecule has 0 fully saturated rings. The van der Waals surface area contributed by atoms with Crippen LogP contribution in [-0.2, 0) is 37.1 Å². The lowest BCUT2D eigenvalue weighted by molar-refractivity contribution is -0.00759. The third-order valence-electron chi connectivity index (χ3n) is 3.43. The van der Waals surface area contributed by atoms with Crippen LogP contribution in [0.25, 0.3) is 0 Å². The highest BCUT2D eigenvalue weighted by Crippen LogP contribution is 2.47. The van der Waals surface area contributed by atoms with Gasteiger partial charge in [0.05, 0.1) is 77.4 Å². The molecular weight excluding hydrogens is 414 g/mol. The molecule has 2 unspecified atom stereocenters. The maximum atomic E-state index is 11.5. The molecule has 170 valence electrons. The minimum absolute atomic E-state index is 0.0629. The summed E-state index contributed by atoms with van der Waals surface area (Å²) in [6.45, 7) is 9.37. The van der Waals surface area contributed by atoms with E-state index in [9.17, 15) is 18.9 Å². The molecule has 0 saturated heterocycles. The average Bonchev–Trinajstić information content (AvgIpc) is 2.60. The molecule has 0 aromatic carbocycles. The quantitative estimate of drug-likeness (QED) is 0.223. The second kappa shape index (κ2) is 15.9. The molecule has 28 heavy (non-hydrogen) atoms. The first-order valence-electron chi connectivity index (χ1n) is 9.34. The molecule has 0 aromatic rings. The van der Waals surface area contributed by atoms with Crippen LogP contribution >= 0.6 is 15.2 Å². The lowest BCUT2D eigenvalue weighted by atomic mass is 10.6. The van der Waals surface area contributed by atoms with Crippen LogP contribution in [0, 0.1) is 0 Å². The van der Waals surface area contributed by atoms with E-state index in [0.717, 1.165) is 0 Å². The Morgan fingerprint density at radius 3 is 0.964 bits per heavy atom. The average molecular weight is 450 g/mol. The molecule has 0 aliphatic heterocycles. The van der Waals surface area contributed by atoms with E-state index in [-0.39, 0.29) is 26.4 Å². The molecule has 2 N–H and O–H groups in total. The zero-order chi connectivity index (χ0) is 21.5. The van der Waals surface area contributed by atoms with Gasteiger partial charge in [-0.05, 0) is 0 Å². The van der Waals surface area contributed by atoms with Gasteiger partial charge in [-0.15, -0.1) is 0 Å². The highest BCUT2D eigenvalue weighted by Gasteiger charge is 2.24. The van der Waals surface area contributed by atoms with Crippen LogP contribution < -0.4 is 0 Å². The summed E-state index contributed by atoms with van der Waals surface area (Å²) in [5.41, 5.74) is -0.864. The van der Waals surface area contributed by atoms with Crippen molar-refractivity contribution in [3.8, 4) is 0 Å². The van der Waals surface area contributed by atoms with Gasteiger partial charge in [0.25, 0.3) is 0 Å². The molecule has 0 rings (SSSR count). The second-order valence-electron chi connectivity index (χ2n) is 6.43. The molecule has 0 saturated carbocycles. The maximum Gasteiger partial charge on any atom is 0.330 e. The van der Waals surface area contributed by atoms with Gasteiger partial charge in [0.2, 0.25) is 0 Å².